The second-order valence-electron chi connectivity index (χ2n) is 3.96. The zero-order valence-corrected chi connectivity index (χ0v) is 10.1. The summed E-state index contributed by atoms with van der Waals surface area (Å²) in [7, 11) is 0. The molecular formula is C11H18N4O2. The van der Waals surface area contributed by atoms with Gasteiger partial charge in [0.15, 0.2) is 0 Å². The van der Waals surface area contributed by atoms with Gasteiger partial charge in [-0.2, -0.15) is 4.98 Å². The molecule has 0 bridgehead atoms. The Morgan fingerprint density at radius 3 is 2.88 bits per heavy atom. The summed E-state index contributed by atoms with van der Waals surface area (Å²) >= 11 is 0. The Balaban J connectivity index is 2.31. The first-order chi connectivity index (χ1) is 8.09. The molecule has 0 saturated heterocycles. The van der Waals surface area contributed by atoms with Crippen molar-refractivity contribution in [2.75, 3.05) is 19.8 Å². The van der Waals surface area contributed by atoms with E-state index in [2.05, 4.69) is 23.8 Å². The van der Waals surface area contributed by atoms with E-state index in [4.69, 9.17) is 20.6 Å². The summed E-state index contributed by atoms with van der Waals surface area (Å²) in [6.07, 6.45) is 1.51. The molecule has 0 aromatic carbocycles. The zero-order valence-electron chi connectivity index (χ0n) is 10.1. The Hall–Kier alpha value is -1.69. The van der Waals surface area contributed by atoms with Crippen LogP contribution in [-0.2, 0) is 4.74 Å². The minimum atomic E-state index is -0.103. The first-order valence-corrected chi connectivity index (χ1v) is 5.47. The van der Waals surface area contributed by atoms with Gasteiger partial charge >= 0.3 is 6.01 Å². The molecule has 0 saturated carbocycles. The van der Waals surface area contributed by atoms with Gasteiger partial charge in [-0.1, -0.05) is 13.8 Å². The molecule has 0 aliphatic carbocycles. The fourth-order valence-corrected chi connectivity index (χ4v) is 1.07. The van der Waals surface area contributed by atoms with Crippen LogP contribution in [0.5, 0.6) is 6.01 Å². The number of hydrogen-bond acceptors (Lipinski definition) is 5. The number of nitrogens with two attached hydrogens (primary N) is 1. The van der Waals surface area contributed by atoms with Crippen LogP contribution in [0.15, 0.2) is 12.3 Å². The Labute approximate surface area is 101 Å². The number of nitrogens with one attached hydrogen (secondary N) is 1. The Morgan fingerprint density at radius 1 is 1.47 bits per heavy atom. The molecular weight excluding hydrogens is 220 g/mol. The molecule has 0 amide bonds. The van der Waals surface area contributed by atoms with E-state index in [1.807, 2.05) is 0 Å². The molecule has 0 unspecified atom stereocenters. The summed E-state index contributed by atoms with van der Waals surface area (Å²) in [6.45, 7) is 5.75. The highest BCUT2D eigenvalue weighted by Crippen LogP contribution is 2.02. The lowest BCUT2D eigenvalue weighted by atomic mass is 10.2. The van der Waals surface area contributed by atoms with Crippen LogP contribution in [0.3, 0.4) is 0 Å². The SMILES string of the molecule is CC(C)COCCOc1nccc(C(=N)N)n1. The maximum atomic E-state index is 7.23. The van der Waals surface area contributed by atoms with E-state index in [1.54, 1.807) is 6.07 Å². The number of ether oxygens (including phenoxy) is 2. The molecule has 1 aromatic heterocycles. The molecule has 0 atom stereocenters. The topological polar surface area (TPSA) is 94.1 Å². The molecule has 0 spiro atoms. The van der Waals surface area contributed by atoms with Crippen LogP contribution in [-0.4, -0.2) is 35.6 Å². The number of hydrogen-bond donors (Lipinski definition) is 2. The molecule has 3 N–H and O–H groups in total. The van der Waals surface area contributed by atoms with Crippen molar-refractivity contribution in [3.63, 3.8) is 0 Å². The first kappa shape index (κ1) is 13.4. The van der Waals surface area contributed by atoms with Crippen LogP contribution in [0, 0.1) is 11.3 Å². The molecule has 94 valence electrons. The van der Waals surface area contributed by atoms with Crippen LogP contribution >= 0.6 is 0 Å². The highest BCUT2D eigenvalue weighted by atomic mass is 16.5. The van der Waals surface area contributed by atoms with Crippen molar-refractivity contribution in [2.45, 2.75) is 13.8 Å². The molecule has 1 aromatic rings. The summed E-state index contributed by atoms with van der Waals surface area (Å²) in [5.74, 6) is 0.403. The van der Waals surface area contributed by atoms with E-state index in [0.717, 1.165) is 0 Å². The van der Waals surface area contributed by atoms with Crippen molar-refractivity contribution < 1.29 is 9.47 Å². The Morgan fingerprint density at radius 2 is 2.24 bits per heavy atom. The van der Waals surface area contributed by atoms with Crippen LogP contribution in [0.2, 0.25) is 0 Å². The number of amidine groups is 1. The van der Waals surface area contributed by atoms with Crippen molar-refractivity contribution in [2.24, 2.45) is 11.7 Å². The first-order valence-electron chi connectivity index (χ1n) is 5.47. The van der Waals surface area contributed by atoms with Gasteiger partial charge in [0.05, 0.1) is 6.61 Å². The summed E-state index contributed by atoms with van der Waals surface area (Å²) < 4.78 is 10.6. The molecule has 17 heavy (non-hydrogen) atoms. The molecule has 1 rings (SSSR count). The third kappa shape index (κ3) is 5.26. The average Bonchev–Trinajstić information content (AvgIpc) is 2.28. The maximum absolute atomic E-state index is 7.23. The summed E-state index contributed by atoms with van der Waals surface area (Å²) in [5, 5.41) is 7.23. The van der Waals surface area contributed by atoms with Gasteiger partial charge in [0.2, 0.25) is 0 Å². The van der Waals surface area contributed by atoms with Gasteiger partial charge < -0.3 is 15.2 Å². The largest absolute Gasteiger partial charge is 0.461 e. The summed E-state index contributed by atoms with van der Waals surface area (Å²) in [5.41, 5.74) is 5.66. The molecule has 1 heterocycles. The predicted octanol–water partition coefficient (Wildman–Crippen LogP) is 0.812. The monoisotopic (exact) mass is 238 g/mol. The van der Waals surface area contributed by atoms with Crippen molar-refractivity contribution in [3.05, 3.63) is 18.0 Å². The smallest absolute Gasteiger partial charge is 0.317 e. The van der Waals surface area contributed by atoms with Crippen molar-refractivity contribution in [1.29, 1.82) is 5.41 Å². The van der Waals surface area contributed by atoms with Gasteiger partial charge in [0.1, 0.15) is 18.1 Å². The average molecular weight is 238 g/mol. The van der Waals surface area contributed by atoms with Crippen molar-refractivity contribution >= 4 is 5.84 Å². The lowest BCUT2D eigenvalue weighted by Gasteiger charge is -2.07. The summed E-state index contributed by atoms with van der Waals surface area (Å²) in [4.78, 5) is 7.88. The van der Waals surface area contributed by atoms with Gasteiger partial charge in [0, 0.05) is 12.8 Å². The lowest BCUT2D eigenvalue weighted by molar-refractivity contribution is 0.0791. The normalized spacial score (nSPS) is 10.5. The van der Waals surface area contributed by atoms with Crippen LogP contribution in [0.25, 0.3) is 0 Å². The van der Waals surface area contributed by atoms with Gasteiger partial charge in [-0.25, -0.2) is 4.98 Å². The van der Waals surface area contributed by atoms with E-state index in [1.165, 1.54) is 6.20 Å². The van der Waals surface area contributed by atoms with Crippen molar-refractivity contribution in [1.82, 2.24) is 9.97 Å². The molecule has 0 fully saturated rings. The standard InChI is InChI=1S/C11H18N4O2/c1-8(2)7-16-5-6-17-11-14-4-3-9(15-11)10(12)13/h3-4,8H,5-7H2,1-2H3,(H3,12,13). The number of nitrogen functional groups attached to an aromatic ring is 1. The molecule has 0 aliphatic heterocycles. The second-order valence-corrected chi connectivity index (χ2v) is 3.96. The Kier molecular flexibility index (Phi) is 5.35. The highest BCUT2D eigenvalue weighted by molar-refractivity contribution is 5.92. The molecule has 6 heteroatoms. The van der Waals surface area contributed by atoms with E-state index >= 15 is 0 Å². The zero-order chi connectivity index (χ0) is 12.7. The number of rotatable bonds is 7. The van der Waals surface area contributed by atoms with E-state index in [-0.39, 0.29) is 11.8 Å². The highest BCUT2D eigenvalue weighted by Gasteiger charge is 2.02. The lowest BCUT2D eigenvalue weighted by Crippen LogP contribution is -2.15. The molecule has 6 nitrogen and oxygen atoms in total. The van der Waals surface area contributed by atoms with Gasteiger partial charge in [-0.3, -0.25) is 5.41 Å². The maximum Gasteiger partial charge on any atom is 0.317 e. The molecule has 0 aliphatic rings. The Bertz CT molecular complexity index is 368. The van der Waals surface area contributed by atoms with E-state index in [9.17, 15) is 0 Å². The fraction of sp³-hybridized carbons (Fsp3) is 0.545. The number of aromatic nitrogens is 2. The predicted molar refractivity (Wildman–Crippen MR) is 64.2 cm³/mol. The second kappa shape index (κ2) is 6.80. The number of nitrogens with zero attached hydrogens (tertiary/aromatic N) is 2. The van der Waals surface area contributed by atoms with Gasteiger partial charge in [-0.15, -0.1) is 0 Å². The third-order valence-electron chi connectivity index (χ3n) is 1.82. The van der Waals surface area contributed by atoms with E-state index < -0.39 is 0 Å². The summed E-state index contributed by atoms with van der Waals surface area (Å²) in [6, 6.07) is 1.77. The fourth-order valence-electron chi connectivity index (χ4n) is 1.07. The van der Waals surface area contributed by atoms with Gasteiger partial charge in [0.25, 0.3) is 0 Å². The van der Waals surface area contributed by atoms with Crippen LogP contribution < -0.4 is 10.5 Å². The van der Waals surface area contributed by atoms with Crippen molar-refractivity contribution in [3.8, 4) is 6.01 Å². The quantitative estimate of drug-likeness (QED) is 0.416. The third-order valence-corrected chi connectivity index (χ3v) is 1.82. The molecule has 0 radical (unpaired) electrons. The minimum Gasteiger partial charge on any atom is -0.461 e. The van der Waals surface area contributed by atoms with E-state index in [0.29, 0.717) is 31.4 Å². The van der Waals surface area contributed by atoms with Gasteiger partial charge in [-0.05, 0) is 12.0 Å². The van der Waals surface area contributed by atoms with Crippen LogP contribution in [0.4, 0.5) is 0 Å². The minimum absolute atomic E-state index is 0.103. The van der Waals surface area contributed by atoms with Crippen LogP contribution in [0.1, 0.15) is 19.5 Å².